The number of benzene rings is 3. The number of hydrogen-bond donors (Lipinski definition) is 4. The Balaban J connectivity index is 0.000000180. The topological polar surface area (TPSA) is 160 Å². The van der Waals surface area contributed by atoms with Crippen LogP contribution in [0.5, 0.6) is 11.5 Å². The molecule has 4 N–H and O–H groups in total. The fourth-order valence-electron chi connectivity index (χ4n) is 3.09. The molecule has 43 heavy (non-hydrogen) atoms. The van der Waals surface area contributed by atoms with Gasteiger partial charge in [-0.25, -0.2) is 19.6 Å². The smallest absolute Gasteiger partial charge is 0.341 e. The van der Waals surface area contributed by atoms with Crippen LogP contribution in [0.2, 0.25) is 20.1 Å². The zero-order valence-electron chi connectivity index (χ0n) is 22.0. The molecule has 0 fully saturated rings. The third-order valence-electron chi connectivity index (χ3n) is 4.95. The summed E-state index contributed by atoms with van der Waals surface area (Å²) in [6.45, 7) is -0.100. The second-order valence-electron chi connectivity index (χ2n) is 8.20. The Bertz CT molecular complexity index is 1560. The number of carbonyl (C=O) groups is 2. The second kappa shape index (κ2) is 17.0. The lowest BCUT2D eigenvalue weighted by atomic mass is 10.2. The SMILES string of the molecule is O=C(O)COc1ccc(Cl)cc1Cl.O=C(O)COc1ccc(Cl)cc1Cl.c1ccc(CNc2nc3ncncc3[nH]2)cc1. The second-order valence-corrected chi connectivity index (χ2v) is 9.89. The van der Waals surface area contributed by atoms with Gasteiger partial charge in [-0.15, -0.1) is 0 Å². The van der Waals surface area contributed by atoms with Crippen LogP contribution in [0, 0.1) is 0 Å². The van der Waals surface area contributed by atoms with Crippen LogP contribution in [0.4, 0.5) is 5.95 Å². The normalized spacial score (nSPS) is 10.0. The molecule has 0 amide bonds. The first kappa shape index (κ1) is 33.2. The van der Waals surface area contributed by atoms with Gasteiger partial charge in [0.05, 0.1) is 16.2 Å². The number of carboxylic acid groups (broad SMARTS) is 2. The molecule has 5 rings (SSSR count). The molecular weight excluding hydrogens is 644 g/mol. The minimum absolute atomic E-state index is 0.300. The lowest BCUT2D eigenvalue weighted by Crippen LogP contribution is -2.09. The summed E-state index contributed by atoms with van der Waals surface area (Å²) in [6, 6.07) is 19.3. The minimum atomic E-state index is -1.05. The van der Waals surface area contributed by atoms with Crippen molar-refractivity contribution >= 4 is 75.5 Å². The quantitative estimate of drug-likeness (QED) is 0.131. The van der Waals surface area contributed by atoms with E-state index in [-0.39, 0.29) is 0 Å². The van der Waals surface area contributed by atoms with Crippen molar-refractivity contribution in [3.05, 3.63) is 105 Å². The molecule has 15 heteroatoms. The molecule has 0 bridgehead atoms. The first-order valence-corrected chi connectivity index (χ1v) is 13.6. The third-order valence-corrected chi connectivity index (χ3v) is 6.02. The number of aromatic amines is 1. The maximum atomic E-state index is 10.2. The van der Waals surface area contributed by atoms with E-state index in [0.29, 0.717) is 43.2 Å². The van der Waals surface area contributed by atoms with Gasteiger partial charge in [0.1, 0.15) is 23.3 Å². The Kier molecular flexibility index (Phi) is 13.1. The molecule has 0 radical (unpaired) electrons. The van der Waals surface area contributed by atoms with Crippen LogP contribution < -0.4 is 14.8 Å². The summed E-state index contributed by atoms with van der Waals surface area (Å²) in [6.07, 6.45) is 3.20. The van der Waals surface area contributed by atoms with E-state index >= 15 is 0 Å². The van der Waals surface area contributed by atoms with Crippen LogP contribution in [-0.2, 0) is 16.1 Å². The first-order chi connectivity index (χ1) is 20.6. The van der Waals surface area contributed by atoms with Crippen LogP contribution in [0.3, 0.4) is 0 Å². The molecule has 0 saturated carbocycles. The summed E-state index contributed by atoms with van der Waals surface area (Å²) in [5, 5.41) is 21.4. The predicted molar refractivity (Wildman–Crippen MR) is 165 cm³/mol. The minimum Gasteiger partial charge on any atom is -0.480 e. The van der Waals surface area contributed by atoms with Crippen LogP contribution in [0.25, 0.3) is 11.2 Å². The maximum Gasteiger partial charge on any atom is 0.341 e. The predicted octanol–water partition coefficient (Wildman–Crippen LogP) is 6.88. The van der Waals surface area contributed by atoms with Crippen molar-refractivity contribution in [2.45, 2.75) is 6.54 Å². The molecule has 0 aliphatic carbocycles. The van der Waals surface area contributed by atoms with Crippen molar-refractivity contribution in [3.8, 4) is 11.5 Å². The van der Waals surface area contributed by atoms with E-state index in [1.54, 1.807) is 18.3 Å². The fourth-order valence-corrected chi connectivity index (χ4v) is 4.02. The standard InChI is InChI=1S/C12H11N5.2C8H6Cl2O3/c1-2-4-9(5-3-1)6-14-12-16-10-7-13-8-15-11(10)17-12;2*9-5-1-2-7(6(10)3-5)13-4-8(11)12/h1-5,7-8H,6H2,(H2,13,14,15,16,17);2*1-3H,4H2,(H,11,12). The summed E-state index contributed by atoms with van der Waals surface area (Å²) in [4.78, 5) is 35.7. The molecule has 224 valence electrons. The van der Waals surface area contributed by atoms with E-state index < -0.39 is 25.2 Å². The highest BCUT2D eigenvalue weighted by Crippen LogP contribution is 2.28. The van der Waals surface area contributed by atoms with E-state index in [2.05, 4.69) is 37.4 Å². The molecule has 0 aliphatic rings. The number of hydrogen-bond acceptors (Lipinski definition) is 8. The molecule has 0 saturated heterocycles. The highest BCUT2D eigenvalue weighted by molar-refractivity contribution is 6.36. The summed E-state index contributed by atoms with van der Waals surface area (Å²) in [7, 11) is 0. The summed E-state index contributed by atoms with van der Waals surface area (Å²) >= 11 is 22.7. The van der Waals surface area contributed by atoms with E-state index in [4.69, 9.17) is 66.1 Å². The average molecular weight is 667 g/mol. The molecule has 2 heterocycles. The molecule has 0 aliphatic heterocycles. The summed E-state index contributed by atoms with van der Waals surface area (Å²) < 4.78 is 9.73. The van der Waals surface area contributed by atoms with Crippen molar-refractivity contribution in [1.82, 2.24) is 19.9 Å². The Morgan fingerprint density at radius 1 is 0.814 bits per heavy atom. The van der Waals surface area contributed by atoms with Gasteiger partial charge in [0, 0.05) is 16.6 Å². The number of H-pyrrole nitrogens is 1. The van der Waals surface area contributed by atoms with E-state index in [1.165, 1.54) is 36.2 Å². The van der Waals surface area contributed by atoms with E-state index in [9.17, 15) is 9.59 Å². The van der Waals surface area contributed by atoms with Gasteiger partial charge in [0.15, 0.2) is 18.9 Å². The van der Waals surface area contributed by atoms with Gasteiger partial charge in [0.25, 0.3) is 0 Å². The van der Waals surface area contributed by atoms with Crippen molar-refractivity contribution in [3.63, 3.8) is 0 Å². The number of nitrogens with zero attached hydrogens (tertiary/aromatic N) is 3. The lowest BCUT2D eigenvalue weighted by molar-refractivity contribution is -0.140. The van der Waals surface area contributed by atoms with Gasteiger partial charge < -0.3 is 30.0 Å². The molecule has 2 aromatic heterocycles. The Morgan fingerprint density at radius 3 is 1.86 bits per heavy atom. The number of rotatable bonds is 9. The van der Waals surface area contributed by atoms with Gasteiger partial charge in [-0.05, 0) is 42.0 Å². The lowest BCUT2D eigenvalue weighted by Gasteiger charge is -2.04. The number of aliphatic carboxylic acids is 2. The Hall–Kier alpha value is -4.29. The van der Waals surface area contributed by atoms with Crippen LogP contribution in [-0.4, -0.2) is 55.3 Å². The largest absolute Gasteiger partial charge is 0.480 e. The summed E-state index contributed by atoms with van der Waals surface area (Å²) in [5.74, 6) is -0.761. The van der Waals surface area contributed by atoms with E-state index in [1.807, 2.05) is 18.2 Å². The highest BCUT2D eigenvalue weighted by atomic mass is 35.5. The number of aromatic nitrogens is 4. The van der Waals surface area contributed by atoms with Crippen LogP contribution in [0.15, 0.2) is 79.3 Å². The number of carboxylic acids is 2. The van der Waals surface area contributed by atoms with Crippen molar-refractivity contribution in [2.75, 3.05) is 18.5 Å². The fraction of sp³-hybridized carbons (Fsp3) is 0.107. The van der Waals surface area contributed by atoms with Gasteiger partial charge >= 0.3 is 11.9 Å². The molecule has 0 atom stereocenters. The third kappa shape index (κ3) is 11.8. The molecule has 5 aromatic rings. The highest BCUT2D eigenvalue weighted by Gasteiger charge is 2.06. The van der Waals surface area contributed by atoms with Gasteiger partial charge in [-0.3, -0.25) is 0 Å². The molecule has 3 aromatic carbocycles. The number of imidazole rings is 1. The number of anilines is 1. The zero-order chi connectivity index (χ0) is 31.2. The number of nitrogens with one attached hydrogen (secondary N) is 2. The number of fused-ring (bicyclic) bond motifs is 1. The van der Waals surface area contributed by atoms with Gasteiger partial charge in [-0.1, -0.05) is 76.7 Å². The Morgan fingerprint density at radius 2 is 1.37 bits per heavy atom. The molecule has 0 unspecified atom stereocenters. The van der Waals surface area contributed by atoms with Crippen molar-refractivity contribution < 1.29 is 29.3 Å². The average Bonchev–Trinajstić information content (AvgIpc) is 3.39. The van der Waals surface area contributed by atoms with Crippen molar-refractivity contribution in [2.24, 2.45) is 0 Å². The Labute approximate surface area is 265 Å². The first-order valence-electron chi connectivity index (χ1n) is 12.1. The zero-order valence-corrected chi connectivity index (χ0v) is 25.0. The van der Waals surface area contributed by atoms with Crippen molar-refractivity contribution in [1.29, 1.82) is 0 Å². The maximum absolute atomic E-state index is 10.2. The van der Waals surface area contributed by atoms with Gasteiger partial charge in [-0.2, -0.15) is 4.98 Å². The monoisotopic (exact) mass is 665 g/mol. The van der Waals surface area contributed by atoms with Crippen LogP contribution in [0.1, 0.15) is 5.56 Å². The molecule has 0 spiro atoms. The number of halogens is 4. The van der Waals surface area contributed by atoms with E-state index in [0.717, 1.165) is 12.1 Å². The molecule has 11 nitrogen and oxygen atoms in total. The summed E-state index contributed by atoms with van der Waals surface area (Å²) in [5.41, 5.74) is 2.72. The van der Waals surface area contributed by atoms with Gasteiger partial charge in [0.2, 0.25) is 5.95 Å². The molecular formula is C28H23Cl4N5O6. The number of ether oxygens (including phenoxy) is 2. The van der Waals surface area contributed by atoms with Crippen LogP contribution >= 0.6 is 46.4 Å².